The van der Waals surface area contributed by atoms with Gasteiger partial charge in [0.25, 0.3) is 5.91 Å². The molecule has 0 radical (unpaired) electrons. The first-order chi connectivity index (χ1) is 11.8. The number of hydrogen-bond acceptors (Lipinski definition) is 3. The first-order valence-corrected chi connectivity index (χ1v) is 10.3. The zero-order chi connectivity index (χ0) is 16.4. The minimum Gasteiger partial charge on any atom is -0.351 e. The average molecular weight is 354 g/mol. The monoisotopic (exact) mass is 353 g/mol. The minimum atomic E-state index is 0.0433. The molecule has 2 nitrogen and oxygen atoms in total. The third-order valence-electron chi connectivity index (χ3n) is 4.50. The Kier molecular flexibility index (Phi) is 4.58. The van der Waals surface area contributed by atoms with Gasteiger partial charge in [-0.25, -0.2) is 0 Å². The Bertz CT molecular complexity index is 860. The molecule has 1 aliphatic carbocycles. The van der Waals surface area contributed by atoms with E-state index in [1.165, 1.54) is 22.1 Å². The standard InChI is InChI=1S/C20H19NOS2/c22-20(21-9-11-24-13-14-8-10-23-12-14)18-7-6-16-5-4-15-2-1-3-17(18)19(15)16/h1-3,6-8,10,12H,4-5,9,11,13H2,(H,21,22). The zero-order valence-corrected chi connectivity index (χ0v) is 15.0. The minimum absolute atomic E-state index is 0.0433. The molecule has 0 aliphatic heterocycles. The van der Waals surface area contributed by atoms with Gasteiger partial charge < -0.3 is 5.32 Å². The van der Waals surface area contributed by atoms with Crippen LogP contribution in [0.25, 0.3) is 10.8 Å². The van der Waals surface area contributed by atoms with Gasteiger partial charge in [0.2, 0.25) is 0 Å². The number of nitrogens with one attached hydrogen (secondary N) is 1. The van der Waals surface area contributed by atoms with Crippen LogP contribution in [-0.4, -0.2) is 18.2 Å². The Morgan fingerprint density at radius 3 is 2.83 bits per heavy atom. The van der Waals surface area contributed by atoms with E-state index in [0.29, 0.717) is 6.54 Å². The molecule has 4 rings (SSSR count). The number of carbonyl (C=O) groups is 1. The second kappa shape index (κ2) is 6.99. The Labute approximate surface area is 150 Å². The van der Waals surface area contributed by atoms with Crippen LogP contribution in [0.4, 0.5) is 0 Å². The van der Waals surface area contributed by atoms with Crippen molar-refractivity contribution in [3.05, 3.63) is 69.4 Å². The smallest absolute Gasteiger partial charge is 0.251 e. The van der Waals surface area contributed by atoms with E-state index >= 15 is 0 Å². The molecule has 0 spiro atoms. The molecule has 0 atom stereocenters. The first-order valence-electron chi connectivity index (χ1n) is 8.23. The lowest BCUT2D eigenvalue weighted by molar-refractivity contribution is 0.0958. The number of rotatable bonds is 6. The quantitative estimate of drug-likeness (QED) is 0.653. The van der Waals surface area contributed by atoms with Gasteiger partial charge >= 0.3 is 0 Å². The molecule has 2 aromatic carbocycles. The number of hydrogen-bond donors (Lipinski definition) is 1. The summed E-state index contributed by atoms with van der Waals surface area (Å²) in [6.45, 7) is 0.705. The van der Waals surface area contributed by atoms with Crippen LogP contribution in [0.2, 0.25) is 0 Å². The van der Waals surface area contributed by atoms with Gasteiger partial charge in [0.1, 0.15) is 0 Å². The normalized spacial score (nSPS) is 12.7. The molecule has 4 heteroatoms. The molecule has 122 valence electrons. The number of thiophene rings is 1. The summed E-state index contributed by atoms with van der Waals surface area (Å²) in [6.07, 6.45) is 2.19. The number of amides is 1. The summed E-state index contributed by atoms with van der Waals surface area (Å²) in [5.41, 5.74) is 4.93. The van der Waals surface area contributed by atoms with Crippen molar-refractivity contribution in [3.8, 4) is 0 Å². The third kappa shape index (κ3) is 3.08. The summed E-state index contributed by atoms with van der Waals surface area (Å²) in [7, 11) is 0. The SMILES string of the molecule is O=C(NCCSCc1ccsc1)c1ccc2c3c(cccc13)CC2. The van der Waals surface area contributed by atoms with Crippen LogP contribution >= 0.6 is 23.1 Å². The average Bonchev–Trinajstić information content (AvgIpc) is 3.26. The van der Waals surface area contributed by atoms with E-state index in [1.54, 1.807) is 11.3 Å². The van der Waals surface area contributed by atoms with E-state index < -0.39 is 0 Å². The van der Waals surface area contributed by atoms with Gasteiger partial charge in [-0.2, -0.15) is 23.1 Å². The highest BCUT2D eigenvalue weighted by Crippen LogP contribution is 2.32. The molecule has 0 unspecified atom stereocenters. The van der Waals surface area contributed by atoms with Crippen LogP contribution in [0, 0.1) is 0 Å². The highest BCUT2D eigenvalue weighted by molar-refractivity contribution is 7.98. The van der Waals surface area contributed by atoms with E-state index in [2.05, 4.69) is 46.4 Å². The third-order valence-corrected chi connectivity index (χ3v) is 6.26. The molecular formula is C20H19NOS2. The second-order valence-corrected chi connectivity index (χ2v) is 7.94. The van der Waals surface area contributed by atoms with Gasteiger partial charge in [-0.1, -0.05) is 24.3 Å². The molecule has 1 heterocycles. The Balaban J connectivity index is 1.39. The van der Waals surface area contributed by atoms with Crippen molar-refractivity contribution < 1.29 is 4.79 Å². The molecular weight excluding hydrogens is 334 g/mol. The van der Waals surface area contributed by atoms with Gasteiger partial charge in [-0.15, -0.1) is 0 Å². The van der Waals surface area contributed by atoms with E-state index in [1.807, 2.05) is 17.8 Å². The van der Waals surface area contributed by atoms with Crippen molar-refractivity contribution in [1.82, 2.24) is 5.32 Å². The highest BCUT2D eigenvalue weighted by Gasteiger charge is 2.18. The molecule has 1 aliphatic rings. The van der Waals surface area contributed by atoms with Crippen molar-refractivity contribution in [2.45, 2.75) is 18.6 Å². The van der Waals surface area contributed by atoms with E-state index in [0.717, 1.165) is 35.3 Å². The van der Waals surface area contributed by atoms with Gasteiger partial charge in [-0.05, 0) is 63.2 Å². The van der Waals surface area contributed by atoms with Crippen molar-refractivity contribution in [2.75, 3.05) is 12.3 Å². The van der Waals surface area contributed by atoms with Crippen molar-refractivity contribution >= 4 is 39.8 Å². The summed E-state index contributed by atoms with van der Waals surface area (Å²) in [5, 5.41) is 9.76. The van der Waals surface area contributed by atoms with E-state index in [-0.39, 0.29) is 5.91 Å². The van der Waals surface area contributed by atoms with Crippen LogP contribution in [-0.2, 0) is 18.6 Å². The number of aryl methyl sites for hydroxylation is 2. The van der Waals surface area contributed by atoms with Crippen LogP contribution in [0.15, 0.2) is 47.2 Å². The molecule has 1 aromatic heterocycles. The number of benzene rings is 2. The van der Waals surface area contributed by atoms with Crippen LogP contribution in [0.3, 0.4) is 0 Å². The fourth-order valence-electron chi connectivity index (χ4n) is 3.34. The summed E-state index contributed by atoms with van der Waals surface area (Å²) in [6, 6.07) is 12.6. The zero-order valence-electron chi connectivity index (χ0n) is 13.4. The van der Waals surface area contributed by atoms with Crippen LogP contribution in [0.5, 0.6) is 0 Å². The second-order valence-electron chi connectivity index (χ2n) is 6.05. The summed E-state index contributed by atoms with van der Waals surface area (Å²) < 4.78 is 0. The molecule has 0 fully saturated rings. The Hall–Kier alpha value is -1.78. The first kappa shape index (κ1) is 15.7. The molecule has 24 heavy (non-hydrogen) atoms. The maximum absolute atomic E-state index is 12.6. The highest BCUT2D eigenvalue weighted by atomic mass is 32.2. The summed E-state index contributed by atoms with van der Waals surface area (Å²) in [4.78, 5) is 12.6. The lowest BCUT2D eigenvalue weighted by Gasteiger charge is -2.10. The number of thioether (sulfide) groups is 1. The van der Waals surface area contributed by atoms with Crippen LogP contribution < -0.4 is 5.32 Å². The largest absolute Gasteiger partial charge is 0.351 e. The van der Waals surface area contributed by atoms with Crippen molar-refractivity contribution in [2.24, 2.45) is 0 Å². The Morgan fingerprint density at radius 2 is 2.00 bits per heavy atom. The predicted octanol–water partition coefficient (Wildman–Crippen LogP) is 4.66. The lowest BCUT2D eigenvalue weighted by Crippen LogP contribution is -2.26. The lowest BCUT2D eigenvalue weighted by atomic mass is 9.99. The van der Waals surface area contributed by atoms with Gasteiger partial charge in [0, 0.05) is 23.6 Å². The molecule has 1 amide bonds. The van der Waals surface area contributed by atoms with Crippen LogP contribution in [0.1, 0.15) is 27.0 Å². The maximum Gasteiger partial charge on any atom is 0.251 e. The molecule has 0 saturated carbocycles. The van der Waals surface area contributed by atoms with Gasteiger partial charge in [-0.3, -0.25) is 4.79 Å². The maximum atomic E-state index is 12.6. The fourth-order valence-corrected chi connectivity index (χ4v) is 4.92. The molecule has 0 bridgehead atoms. The molecule has 1 N–H and O–H groups in total. The molecule has 3 aromatic rings. The molecule has 0 saturated heterocycles. The van der Waals surface area contributed by atoms with Crippen molar-refractivity contribution in [3.63, 3.8) is 0 Å². The van der Waals surface area contributed by atoms with E-state index in [4.69, 9.17) is 0 Å². The topological polar surface area (TPSA) is 29.1 Å². The fraction of sp³-hybridized carbons (Fsp3) is 0.250. The summed E-state index contributed by atoms with van der Waals surface area (Å²) in [5.74, 6) is 1.99. The van der Waals surface area contributed by atoms with Gasteiger partial charge in [0.15, 0.2) is 0 Å². The predicted molar refractivity (Wildman–Crippen MR) is 104 cm³/mol. The van der Waals surface area contributed by atoms with E-state index in [9.17, 15) is 4.79 Å². The number of carbonyl (C=O) groups excluding carboxylic acids is 1. The van der Waals surface area contributed by atoms with Crippen molar-refractivity contribution in [1.29, 1.82) is 0 Å². The van der Waals surface area contributed by atoms with Gasteiger partial charge in [0.05, 0.1) is 0 Å². The Morgan fingerprint density at radius 1 is 1.12 bits per heavy atom. The summed E-state index contributed by atoms with van der Waals surface area (Å²) >= 11 is 3.59.